The second-order valence-corrected chi connectivity index (χ2v) is 6.21. The Hall–Kier alpha value is -3.26. The van der Waals surface area contributed by atoms with E-state index in [2.05, 4.69) is 4.98 Å². The maximum absolute atomic E-state index is 13.9. The van der Waals surface area contributed by atoms with Crippen molar-refractivity contribution in [1.82, 2.24) is 9.55 Å². The van der Waals surface area contributed by atoms with Crippen molar-refractivity contribution >= 4 is 5.82 Å². The molecule has 2 aromatic carbocycles. The molecule has 3 aromatic rings. The van der Waals surface area contributed by atoms with E-state index in [9.17, 15) is 14.5 Å². The molecule has 7 nitrogen and oxygen atoms in total. The molecule has 27 heavy (non-hydrogen) atoms. The molecule has 1 atom stereocenters. The lowest BCUT2D eigenvalue weighted by atomic mass is 10.0. The summed E-state index contributed by atoms with van der Waals surface area (Å²) in [6.07, 6.45) is 1.10. The largest absolute Gasteiger partial charge is 0.443 e. The van der Waals surface area contributed by atoms with E-state index >= 15 is 0 Å². The molecule has 8 heteroatoms. The highest BCUT2D eigenvalue weighted by Gasteiger charge is 2.28. The average molecular weight is 369 g/mol. The molecule has 1 aliphatic heterocycles. The Morgan fingerprint density at radius 2 is 2.04 bits per heavy atom. The van der Waals surface area contributed by atoms with Crippen LogP contribution < -0.4 is 4.74 Å². The molecular formula is C19H16FN3O4. The number of halogens is 1. The zero-order chi connectivity index (χ0) is 18.8. The normalized spacial score (nSPS) is 15.8. The predicted molar refractivity (Wildman–Crippen MR) is 94.8 cm³/mol. The summed E-state index contributed by atoms with van der Waals surface area (Å²) in [4.78, 5) is 14.0. The molecule has 0 saturated carbocycles. The Labute approximate surface area is 154 Å². The third-order valence-corrected chi connectivity index (χ3v) is 4.34. The molecule has 0 saturated heterocycles. The minimum atomic E-state index is -0.554. The van der Waals surface area contributed by atoms with Crippen LogP contribution in [0.4, 0.5) is 10.2 Å². The van der Waals surface area contributed by atoms with Crippen molar-refractivity contribution in [1.29, 1.82) is 0 Å². The molecule has 0 spiro atoms. The standard InChI is InChI=1S/C19H16FN3O4/c20-17-4-2-1-3-16(17)14-7-5-13(6-8-14)11-26-15-9-22-10-18(23(24)25)21-19(22)27-12-15/h1-8,10,15H,9,11-12H2/t15-/m0/s1. The summed E-state index contributed by atoms with van der Waals surface area (Å²) < 4.78 is 26.7. The van der Waals surface area contributed by atoms with Gasteiger partial charge in [-0.1, -0.05) is 42.5 Å². The highest BCUT2D eigenvalue weighted by Crippen LogP contribution is 2.24. The summed E-state index contributed by atoms with van der Waals surface area (Å²) in [7, 11) is 0. The molecule has 0 amide bonds. The zero-order valence-electron chi connectivity index (χ0n) is 14.2. The Morgan fingerprint density at radius 3 is 2.78 bits per heavy atom. The van der Waals surface area contributed by atoms with Gasteiger partial charge in [0.25, 0.3) is 0 Å². The zero-order valence-corrected chi connectivity index (χ0v) is 14.2. The van der Waals surface area contributed by atoms with Crippen LogP contribution in [0.3, 0.4) is 0 Å². The van der Waals surface area contributed by atoms with Crippen molar-refractivity contribution in [3.8, 4) is 17.1 Å². The first-order valence-corrected chi connectivity index (χ1v) is 8.40. The summed E-state index contributed by atoms with van der Waals surface area (Å²) in [5.74, 6) is -0.500. The van der Waals surface area contributed by atoms with Crippen LogP contribution >= 0.6 is 0 Å². The summed E-state index contributed by atoms with van der Waals surface area (Å²) in [6.45, 7) is 1.07. The van der Waals surface area contributed by atoms with Gasteiger partial charge in [-0.05, 0) is 22.1 Å². The van der Waals surface area contributed by atoms with Gasteiger partial charge in [0.05, 0.1) is 13.2 Å². The SMILES string of the molecule is O=[N+]([O-])c1cn2c(n1)OC[C@@H](OCc1ccc(-c3ccccc3F)cc1)C2. The molecule has 0 aliphatic carbocycles. The Bertz CT molecular complexity index is 971. The van der Waals surface area contributed by atoms with Crippen LogP contribution in [-0.2, 0) is 17.9 Å². The number of hydrogen-bond donors (Lipinski definition) is 0. The van der Waals surface area contributed by atoms with Crippen molar-refractivity contribution in [2.45, 2.75) is 19.3 Å². The van der Waals surface area contributed by atoms with Crippen LogP contribution in [-0.4, -0.2) is 27.2 Å². The third kappa shape index (κ3) is 3.65. The first-order chi connectivity index (χ1) is 13.1. The second-order valence-electron chi connectivity index (χ2n) is 6.21. The molecule has 138 valence electrons. The smallest absolute Gasteiger partial charge is 0.414 e. The van der Waals surface area contributed by atoms with Gasteiger partial charge < -0.3 is 19.6 Å². The fraction of sp³-hybridized carbons (Fsp3) is 0.211. The number of benzene rings is 2. The summed E-state index contributed by atoms with van der Waals surface area (Å²) >= 11 is 0. The van der Waals surface area contributed by atoms with Gasteiger partial charge >= 0.3 is 11.8 Å². The molecule has 1 aliphatic rings. The molecule has 1 aromatic heterocycles. The van der Waals surface area contributed by atoms with E-state index in [0.717, 1.165) is 11.1 Å². The van der Waals surface area contributed by atoms with Crippen LogP contribution in [0.15, 0.2) is 54.7 Å². The van der Waals surface area contributed by atoms with E-state index in [-0.39, 0.29) is 30.4 Å². The van der Waals surface area contributed by atoms with Crippen LogP contribution in [0.2, 0.25) is 0 Å². The highest BCUT2D eigenvalue weighted by atomic mass is 19.1. The van der Waals surface area contributed by atoms with Crippen LogP contribution in [0.25, 0.3) is 11.1 Å². The second kappa shape index (κ2) is 7.16. The van der Waals surface area contributed by atoms with E-state index < -0.39 is 4.92 Å². The number of nitro groups is 1. The first kappa shape index (κ1) is 17.2. The lowest BCUT2D eigenvalue weighted by Crippen LogP contribution is -2.32. The van der Waals surface area contributed by atoms with Gasteiger partial charge in [0.15, 0.2) is 0 Å². The van der Waals surface area contributed by atoms with Gasteiger partial charge in [0, 0.05) is 10.5 Å². The van der Waals surface area contributed by atoms with Crippen molar-refractivity contribution in [2.75, 3.05) is 6.61 Å². The summed E-state index contributed by atoms with van der Waals surface area (Å²) in [5, 5.41) is 10.8. The van der Waals surface area contributed by atoms with Gasteiger partial charge in [-0.25, -0.2) is 4.39 Å². The first-order valence-electron chi connectivity index (χ1n) is 8.40. The Kier molecular flexibility index (Phi) is 4.55. The van der Waals surface area contributed by atoms with E-state index in [1.165, 1.54) is 12.3 Å². The fourth-order valence-electron chi connectivity index (χ4n) is 2.95. The van der Waals surface area contributed by atoms with Crippen molar-refractivity contribution in [3.63, 3.8) is 0 Å². The minimum Gasteiger partial charge on any atom is -0.443 e. The Balaban J connectivity index is 1.38. The lowest BCUT2D eigenvalue weighted by Gasteiger charge is -2.22. The number of fused-ring (bicyclic) bond motifs is 1. The molecular weight excluding hydrogens is 353 g/mol. The molecule has 0 N–H and O–H groups in total. The number of ether oxygens (including phenoxy) is 2. The fourth-order valence-corrected chi connectivity index (χ4v) is 2.95. The van der Waals surface area contributed by atoms with E-state index in [0.29, 0.717) is 18.7 Å². The van der Waals surface area contributed by atoms with Crippen molar-refractivity contribution in [2.24, 2.45) is 0 Å². The maximum Gasteiger partial charge on any atom is 0.414 e. The number of hydrogen-bond acceptors (Lipinski definition) is 5. The van der Waals surface area contributed by atoms with Gasteiger partial charge in [-0.2, -0.15) is 0 Å². The quantitative estimate of drug-likeness (QED) is 0.507. The topological polar surface area (TPSA) is 79.4 Å². The maximum atomic E-state index is 13.9. The molecule has 2 heterocycles. The van der Waals surface area contributed by atoms with Crippen LogP contribution in [0.1, 0.15) is 5.56 Å². The van der Waals surface area contributed by atoms with Crippen molar-refractivity contribution in [3.05, 3.63) is 76.2 Å². The number of aromatic nitrogens is 2. The van der Waals surface area contributed by atoms with E-state index in [1.807, 2.05) is 24.3 Å². The molecule has 4 rings (SSSR count). The molecule has 0 unspecified atom stereocenters. The highest BCUT2D eigenvalue weighted by molar-refractivity contribution is 5.64. The summed E-state index contributed by atoms with van der Waals surface area (Å²) in [6, 6.07) is 14.3. The monoisotopic (exact) mass is 369 g/mol. The predicted octanol–water partition coefficient (Wildman–Crippen LogP) is 3.58. The van der Waals surface area contributed by atoms with Crippen LogP contribution in [0.5, 0.6) is 6.01 Å². The molecule has 0 fully saturated rings. The Morgan fingerprint density at radius 1 is 1.26 bits per heavy atom. The van der Waals surface area contributed by atoms with E-state index in [4.69, 9.17) is 9.47 Å². The van der Waals surface area contributed by atoms with Gasteiger partial charge in [-0.3, -0.25) is 4.57 Å². The minimum absolute atomic E-state index is 0.232. The molecule has 0 radical (unpaired) electrons. The van der Waals surface area contributed by atoms with Crippen LogP contribution in [0, 0.1) is 15.9 Å². The number of imidazole rings is 1. The average Bonchev–Trinajstić information content (AvgIpc) is 3.11. The number of nitrogens with zero attached hydrogens (tertiary/aromatic N) is 3. The summed E-state index contributed by atoms with van der Waals surface area (Å²) in [5.41, 5.74) is 2.30. The number of rotatable bonds is 5. The van der Waals surface area contributed by atoms with E-state index in [1.54, 1.807) is 22.8 Å². The van der Waals surface area contributed by atoms with Gasteiger partial charge in [0.2, 0.25) is 0 Å². The van der Waals surface area contributed by atoms with Gasteiger partial charge in [0.1, 0.15) is 24.7 Å². The van der Waals surface area contributed by atoms with Crippen molar-refractivity contribution < 1.29 is 18.8 Å². The van der Waals surface area contributed by atoms with Gasteiger partial charge in [-0.15, -0.1) is 0 Å². The third-order valence-electron chi connectivity index (χ3n) is 4.34. The lowest BCUT2D eigenvalue weighted by molar-refractivity contribution is -0.389. The molecule has 0 bridgehead atoms.